The molecule has 45 heavy (non-hydrogen) atoms. The Morgan fingerprint density at radius 2 is 1.91 bits per heavy atom. The second kappa shape index (κ2) is 13.1. The van der Waals surface area contributed by atoms with E-state index in [4.69, 9.17) is 9.47 Å². The molecule has 2 aliphatic rings. The quantitative estimate of drug-likeness (QED) is 0.0624. The molecule has 6 rings (SSSR count). The molecule has 1 N–H and O–H groups in total. The maximum atomic E-state index is 13.7. The minimum atomic E-state index is -0.926. The summed E-state index contributed by atoms with van der Waals surface area (Å²) in [5.41, 5.74) is 4.35. The Hall–Kier alpha value is -4.15. The number of carbonyl (C=O) groups excluding carboxylic acids is 2. The Morgan fingerprint density at radius 3 is 2.69 bits per heavy atom. The predicted octanol–water partition coefficient (Wildman–Crippen LogP) is 7.51. The SMILES string of the molecule is Cc1ccc(CSc2nnc(N3C(=O)C(=O)C(=C(O)c4ccc5c(c4)C[C@H](C)O5)[C@H]3c3cccc(OCCC(C)C)c3)s2)cc1. The van der Waals surface area contributed by atoms with Gasteiger partial charge in [-0.1, -0.05) is 78.9 Å². The van der Waals surface area contributed by atoms with E-state index in [-0.39, 0.29) is 22.6 Å². The van der Waals surface area contributed by atoms with E-state index in [1.807, 2.05) is 44.2 Å². The molecule has 0 unspecified atom stereocenters. The highest BCUT2D eigenvalue weighted by Gasteiger charge is 2.48. The first-order valence-electron chi connectivity index (χ1n) is 15.0. The van der Waals surface area contributed by atoms with Crippen LogP contribution in [0.5, 0.6) is 11.5 Å². The van der Waals surface area contributed by atoms with E-state index in [1.54, 1.807) is 12.1 Å². The van der Waals surface area contributed by atoms with Gasteiger partial charge in [0, 0.05) is 17.7 Å². The molecule has 0 spiro atoms. The molecule has 2 aliphatic heterocycles. The summed E-state index contributed by atoms with van der Waals surface area (Å²) in [6.07, 6.45) is 1.60. The van der Waals surface area contributed by atoms with E-state index >= 15 is 0 Å². The van der Waals surface area contributed by atoms with Crippen molar-refractivity contribution in [3.05, 3.63) is 100 Å². The van der Waals surface area contributed by atoms with Gasteiger partial charge in [0.1, 0.15) is 23.4 Å². The normalized spacial score (nSPS) is 18.8. The summed E-state index contributed by atoms with van der Waals surface area (Å²) < 4.78 is 12.5. The molecule has 0 aliphatic carbocycles. The zero-order chi connectivity index (χ0) is 31.7. The number of hydrogen-bond acceptors (Lipinski definition) is 9. The molecule has 4 aromatic rings. The molecule has 10 heteroatoms. The number of ether oxygens (including phenoxy) is 2. The fraction of sp³-hybridized carbons (Fsp3) is 0.314. The number of carbonyl (C=O) groups is 2. The second-order valence-corrected chi connectivity index (χ2v) is 14.0. The summed E-state index contributed by atoms with van der Waals surface area (Å²) in [4.78, 5) is 28.8. The van der Waals surface area contributed by atoms with Gasteiger partial charge in [0.15, 0.2) is 4.34 Å². The Morgan fingerprint density at radius 1 is 1.11 bits per heavy atom. The van der Waals surface area contributed by atoms with Crippen molar-refractivity contribution in [3.8, 4) is 11.5 Å². The number of aliphatic hydroxyl groups is 1. The number of fused-ring (bicyclic) bond motifs is 1. The highest BCUT2D eigenvalue weighted by atomic mass is 32.2. The van der Waals surface area contributed by atoms with Gasteiger partial charge < -0.3 is 14.6 Å². The summed E-state index contributed by atoms with van der Waals surface area (Å²) >= 11 is 2.76. The third-order valence-electron chi connectivity index (χ3n) is 7.84. The van der Waals surface area contributed by atoms with Crippen LogP contribution in [-0.4, -0.2) is 39.7 Å². The summed E-state index contributed by atoms with van der Waals surface area (Å²) in [5.74, 6) is 0.757. The van der Waals surface area contributed by atoms with Gasteiger partial charge in [-0.25, -0.2) is 0 Å². The number of thioether (sulfide) groups is 1. The Bertz CT molecular complexity index is 1770. The van der Waals surface area contributed by atoms with E-state index in [0.717, 1.165) is 23.3 Å². The lowest BCUT2D eigenvalue weighted by Gasteiger charge is -2.23. The Balaban J connectivity index is 1.37. The van der Waals surface area contributed by atoms with Gasteiger partial charge >= 0.3 is 5.91 Å². The fourth-order valence-corrected chi connectivity index (χ4v) is 7.27. The van der Waals surface area contributed by atoms with Crippen LogP contribution in [-0.2, 0) is 21.8 Å². The number of hydrogen-bond donors (Lipinski definition) is 1. The summed E-state index contributed by atoms with van der Waals surface area (Å²) in [6.45, 7) is 8.83. The standard InChI is InChI=1S/C35H35N3O5S2/c1-20(2)14-15-42-27-7-5-6-24(18-27)30-29(31(39)25-12-13-28-26(17-25)16-22(4)43-28)32(40)33(41)38(30)34-36-37-35(45-34)44-19-23-10-8-21(3)9-11-23/h5-13,17-18,20,22,30,39H,14-16,19H2,1-4H3/t22-,30+/m0/s1. The highest BCUT2D eigenvalue weighted by Crippen LogP contribution is 2.45. The maximum absolute atomic E-state index is 13.7. The van der Waals surface area contributed by atoms with Gasteiger partial charge in [-0.05, 0) is 73.2 Å². The van der Waals surface area contributed by atoms with E-state index in [9.17, 15) is 14.7 Å². The van der Waals surface area contributed by atoms with Crippen LogP contribution in [0.4, 0.5) is 5.13 Å². The topological polar surface area (TPSA) is 102 Å². The number of Topliss-reactive ketones (excluding diaryl/α,β-unsaturated/α-hetero) is 1. The molecule has 1 saturated heterocycles. The molecule has 232 valence electrons. The van der Waals surface area contributed by atoms with Gasteiger partial charge in [-0.3, -0.25) is 14.5 Å². The first-order chi connectivity index (χ1) is 21.7. The molecular formula is C35H35N3O5S2. The summed E-state index contributed by atoms with van der Waals surface area (Å²) in [5, 5.41) is 20.7. The van der Waals surface area contributed by atoms with Crippen LogP contribution in [0.1, 0.15) is 61.1 Å². The van der Waals surface area contributed by atoms with E-state index in [1.165, 1.54) is 33.6 Å². The van der Waals surface area contributed by atoms with Crippen molar-refractivity contribution in [2.75, 3.05) is 11.5 Å². The zero-order valence-electron chi connectivity index (χ0n) is 25.6. The molecule has 3 aromatic carbocycles. The number of amides is 1. The van der Waals surface area contributed by atoms with Crippen LogP contribution in [0, 0.1) is 12.8 Å². The van der Waals surface area contributed by atoms with E-state index in [0.29, 0.717) is 45.9 Å². The number of anilines is 1. The van der Waals surface area contributed by atoms with Gasteiger partial charge in [0.2, 0.25) is 5.13 Å². The third-order valence-corrected chi connectivity index (χ3v) is 9.96. The van der Waals surface area contributed by atoms with Crippen molar-refractivity contribution in [1.29, 1.82) is 0 Å². The third kappa shape index (κ3) is 6.62. The summed E-state index contributed by atoms with van der Waals surface area (Å²) in [6, 6.07) is 20.0. The minimum Gasteiger partial charge on any atom is -0.507 e. The van der Waals surface area contributed by atoms with Crippen LogP contribution >= 0.6 is 23.1 Å². The Kier molecular flexibility index (Phi) is 8.96. The fourth-order valence-electron chi connectivity index (χ4n) is 5.44. The number of aliphatic hydroxyl groups excluding tert-OH is 1. The second-order valence-electron chi connectivity index (χ2n) is 11.9. The molecular weight excluding hydrogens is 607 g/mol. The van der Waals surface area contributed by atoms with Crippen molar-refractivity contribution in [3.63, 3.8) is 0 Å². The van der Waals surface area contributed by atoms with E-state index in [2.05, 4.69) is 48.3 Å². The van der Waals surface area contributed by atoms with Crippen molar-refractivity contribution >= 4 is 45.7 Å². The number of nitrogens with zero attached hydrogens (tertiary/aromatic N) is 3. The van der Waals surface area contributed by atoms with Gasteiger partial charge in [0.05, 0.1) is 18.2 Å². The number of aromatic nitrogens is 2. The molecule has 0 saturated carbocycles. The molecule has 0 radical (unpaired) electrons. The number of ketones is 1. The Labute approximate surface area is 271 Å². The zero-order valence-corrected chi connectivity index (χ0v) is 27.3. The number of benzene rings is 3. The molecule has 1 fully saturated rings. The van der Waals surface area contributed by atoms with Crippen molar-refractivity contribution < 1.29 is 24.2 Å². The van der Waals surface area contributed by atoms with Crippen LogP contribution in [0.2, 0.25) is 0 Å². The lowest BCUT2D eigenvalue weighted by Crippen LogP contribution is -2.29. The van der Waals surface area contributed by atoms with Crippen molar-refractivity contribution in [2.24, 2.45) is 5.92 Å². The number of aryl methyl sites for hydroxylation is 1. The van der Waals surface area contributed by atoms with E-state index < -0.39 is 17.7 Å². The maximum Gasteiger partial charge on any atom is 0.301 e. The number of rotatable bonds is 10. The molecule has 3 heterocycles. The highest BCUT2D eigenvalue weighted by molar-refractivity contribution is 8.00. The minimum absolute atomic E-state index is 0.00435. The predicted molar refractivity (Wildman–Crippen MR) is 177 cm³/mol. The van der Waals surface area contributed by atoms with Crippen LogP contribution in [0.15, 0.2) is 76.6 Å². The summed E-state index contributed by atoms with van der Waals surface area (Å²) in [7, 11) is 0. The molecule has 1 amide bonds. The molecule has 2 atom stereocenters. The molecule has 0 bridgehead atoms. The van der Waals surface area contributed by atoms with Gasteiger partial charge in [-0.2, -0.15) is 0 Å². The first kappa shape index (κ1) is 30.9. The average molecular weight is 642 g/mol. The first-order valence-corrected chi connectivity index (χ1v) is 16.8. The van der Waals surface area contributed by atoms with Gasteiger partial charge in [-0.15, -0.1) is 10.2 Å². The van der Waals surface area contributed by atoms with Crippen LogP contribution in [0.25, 0.3) is 5.76 Å². The molecule has 8 nitrogen and oxygen atoms in total. The van der Waals surface area contributed by atoms with Crippen molar-refractivity contribution in [1.82, 2.24) is 10.2 Å². The lowest BCUT2D eigenvalue weighted by atomic mass is 9.94. The smallest absolute Gasteiger partial charge is 0.301 e. The lowest BCUT2D eigenvalue weighted by molar-refractivity contribution is -0.132. The average Bonchev–Trinajstić information content (AvgIpc) is 3.71. The van der Waals surface area contributed by atoms with Gasteiger partial charge in [0.25, 0.3) is 5.78 Å². The monoisotopic (exact) mass is 641 g/mol. The van der Waals surface area contributed by atoms with Crippen molar-refractivity contribution in [2.45, 2.75) is 62.8 Å². The largest absolute Gasteiger partial charge is 0.507 e. The molecule has 1 aromatic heterocycles. The van der Waals surface area contributed by atoms with Crippen LogP contribution < -0.4 is 14.4 Å². The van der Waals surface area contributed by atoms with Crippen LogP contribution in [0.3, 0.4) is 0 Å².